The number of hydrogen-bond donors (Lipinski definition) is 1. The maximum Gasteiger partial charge on any atom is 0.185 e. The predicted molar refractivity (Wildman–Crippen MR) is 88.0 cm³/mol. The van der Waals surface area contributed by atoms with Crippen molar-refractivity contribution in [3.8, 4) is 11.4 Å². The summed E-state index contributed by atoms with van der Waals surface area (Å²) in [4.78, 5) is 15.2. The van der Waals surface area contributed by atoms with Gasteiger partial charge in [0.1, 0.15) is 5.75 Å². The Hall–Kier alpha value is -2.10. The zero-order chi connectivity index (χ0) is 16.7. The summed E-state index contributed by atoms with van der Waals surface area (Å²) in [6.45, 7) is 12.4. The molecule has 2 aromatic rings. The molecular formula is C18H24N2O2. The lowest BCUT2D eigenvalue weighted by atomic mass is 9.79. The molecule has 1 heterocycles. The number of carbonyl (C=O) groups is 1. The van der Waals surface area contributed by atoms with Gasteiger partial charge in [0.2, 0.25) is 0 Å². The van der Waals surface area contributed by atoms with Gasteiger partial charge in [0.15, 0.2) is 12.1 Å². The predicted octanol–water partition coefficient (Wildman–Crippen LogP) is 3.99. The highest BCUT2D eigenvalue weighted by Crippen LogP contribution is 2.40. The van der Waals surface area contributed by atoms with Crippen molar-refractivity contribution in [2.24, 2.45) is 0 Å². The Balaban J connectivity index is 2.79. The third-order valence-corrected chi connectivity index (χ3v) is 3.76. The minimum Gasteiger partial charge on any atom is -0.507 e. The lowest BCUT2D eigenvalue weighted by Gasteiger charge is -2.28. The van der Waals surface area contributed by atoms with Crippen molar-refractivity contribution in [1.29, 1.82) is 0 Å². The van der Waals surface area contributed by atoms with Gasteiger partial charge in [0.25, 0.3) is 0 Å². The van der Waals surface area contributed by atoms with Crippen molar-refractivity contribution < 1.29 is 9.90 Å². The van der Waals surface area contributed by atoms with Crippen LogP contribution in [0, 0.1) is 0 Å². The SMILES string of the molecule is CC(C)(C)c1cc(-n2ccnc2C=O)cc(C(C)(C)C)c1O. The van der Waals surface area contributed by atoms with Crippen LogP contribution >= 0.6 is 0 Å². The third-order valence-electron chi connectivity index (χ3n) is 3.76. The van der Waals surface area contributed by atoms with Crippen LogP contribution in [0.25, 0.3) is 5.69 Å². The second-order valence-electron chi connectivity index (χ2n) is 7.66. The van der Waals surface area contributed by atoms with Crippen LogP contribution in [0.3, 0.4) is 0 Å². The summed E-state index contributed by atoms with van der Waals surface area (Å²) in [6, 6.07) is 3.86. The zero-order valence-corrected chi connectivity index (χ0v) is 14.1. The first-order valence-corrected chi connectivity index (χ1v) is 7.42. The van der Waals surface area contributed by atoms with Crippen molar-refractivity contribution >= 4 is 6.29 Å². The highest BCUT2D eigenvalue weighted by atomic mass is 16.3. The molecule has 0 spiro atoms. The largest absolute Gasteiger partial charge is 0.507 e. The summed E-state index contributed by atoms with van der Waals surface area (Å²) in [5.41, 5.74) is 2.15. The molecule has 2 rings (SSSR count). The van der Waals surface area contributed by atoms with Gasteiger partial charge in [0.05, 0.1) is 0 Å². The number of hydrogen-bond acceptors (Lipinski definition) is 3. The van der Waals surface area contributed by atoms with Crippen LogP contribution in [0.1, 0.15) is 63.3 Å². The van der Waals surface area contributed by atoms with E-state index < -0.39 is 0 Å². The molecule has 22 heavy (non-hydrogen) atoms. The number of phenols is 1. The van der Waals surface area contributed by atoms with Crippen LogP contribution in [0.5, 0.6) is 5.75 Å². The molecule has 1 aromatic carbocycles. The van der Waals surface area contributed by atoms with Gasteiger partial charge in [-0.1, -0.05) is 41.5 Å². The minimum atomic E-state index is -0.206. The molecule has 0 aliphatic heterocycles. The van der Waals surface area contributed by atoms with E-state index in [4.69, 9.17) is 0 Å². The molecule has 0 bridgehead atoms. The molecule has 118 valence electrons. The van der Waals surface area contributed by atoms with Gasteiger partial charge < -0.3 is 5.11 Å². The van der Waals surface area contributed by atoms with Crippen molar-refractivity contribution in [2.75, 3.05) is 0 Å². The molecule has 1 N–H and O–H groups in total. The van der Waals surface area contributed by atoms with Crippen LogP contribution in [-0.2, 0) is 10.8 Å². The quantitative estimate of drug-likeness (QED) is 0.853. The Morgan fingerprint density at radius 2 is 1.55 bits per heavy atom. The highest BCUT2D eigenvalue weighted by molar-refractivity contribution is 5.71. The van der Waals surface area contributed by atoms with Crippen LogP contribution in [0.4, 0.5) is 0 Å². The average Bonchev–Trinajstić information content (AvgIpc) is 2.84. The van der Waals surface area contributed by atoms with E-state index in [0.717, 1.165) is 23.1 Å². The number of benzene rings is 1. The molecule has 4 heteroatoms. The number of nitrogens with zero attached hydrogens (tertiary/aromatic N) is 2. The van der Waals surface area contributed by atoms with E-state index in [1.54, 1.807) is 17.0 Å². The maximum absolute atomic E-state index is 11.2. The summed E-state index contributed by atoms with van der Waals surface area (Å²) in [5, 5.41) is 10.7. The van der Waals surface area contributed by atoms with Gasteiger partial charge in [-0.3, -0.25) is 9.36 Å². The fourth-order valence-electron chi connectivity index (χ4n) is 2.52. The summed E-state index contributed by atoms with van der Waals surface area (Å²) in [7, 11) is 0. The van der Waals surface area contributed by atoms with Gasteiger partial charge >= 0.3 is 0 Å². The Morgan fingerprint density at radius 3 is 1.95 bits per heavy atom. The normalized spacial score (nSPS) is 12.5. The van der Waals surface area contributed by atoms with Crippen LogP contribution in [-0.4, -0.2) is 20.9 Å². The molecule has 0 atom stereocenters. The number of aldehydes is 1. The Bertz CT molecular complexity index is 666. The van der Waals surface area contributed by atoms with E-state index in [0.29, 0.717) is 11.6 Å². The molecule has 0 saturated carbocycles. The molecule has 0 saturated heterocycles. The zero-order valence-electron chi connectivity index (χ0n) is 14.1. The summed E-state index contributed by atoms with van der Waals surface area (Å²) < 4.78 is 1.75. The summed E-state index contributed by atoms with van der Waals surface area (Å²) >= 11 is 0. The molecule has 0 aliphatic carbocycles. The van der Waals surface area contributed by atoms with Crippen molar-refractivity contribution in [1.82, 2.24) is 9.55 Å². The topological polar surface area (TPSA) is 55.1 Å². The smallest absolute Gasteiger partial charge is 0.185 e. The Labute approximate surface area is 131 Å². The molecule has 0 fully saturated rings. The van der Waals surface area contributed by atoms with Gasteiger partial charge in [-0.2, -0.15) is 0 Å². The van der Waals surface area contributed by atoms with E-state index in [9.17, 15) is 9.90 Å². The van der Waals surface area contributed by atoms with Gasteiger partial charge in [0, 0.05) is 29.2 Å². The molecule has 4 nitrogen and oxygen atoms in total. The fraction of sp³-hybridized carbons (Fsp3) is 0.444. The van der Waals surface area contributed by atoms with Gasteiger partial charge in [-0.25, -0.2) is 4.98 Å². The summed E-state index contributed by atoms with van der Waals surface area (Å²) in [5.74, 6) is 0.682. The number of aromatic nitrogens is 2. The number of carbonyl (C=O) groups excluding carboxylic acids is 1. The molecule has 0 radical (unpaired) electrons. The second-order valence-corrected chi connectivity index (χ2v) is 7.66. The van der Waals surface area contributed by atoms with Crippen LogP contribution < -0.4 is 0 Å². The standard InChI is InChI=1S/C18H24N2O2/c1-17(2,3)13-9-12(20-8-7-19-15(20)11-21)10-14(16(13)22)18(4,5)6/h7-11,22H,1-6H3. The number of imidazole rings is 1. The third kappa shape index (κ3) is 2.91. The first kappa shape index (κ1) is 16.3. The minimum absolute atomic E-state index is 0.206. The first-order valence-electron chi connectivity index (χ1n) is 7.42. The first-order chi connectivity index (χ1) is 10.1. The van der Waals surface area contributed by atoms with E-state index in [1.165, 1.54) is 0 Å². The van der Waals surface area contributed by atoms with Crippen molar-refractivity contribution in [3.05, 3.63) is 41.5 Å². The number of rotatable bonds is 2. The van der Waals surface area contributed by atoms with Gasteiger partial charge in [-0.05, 0) is 23.0 Å². The second kappa shape index (κ2) is 5.27. The average molecular weight is 300 g/mol. The number of phenolic OH excluding ortho intramolecular Hbond substituents is 1. The lowest BCUT2D eigenvalue weighted by molar-refractivity contribution is 0.111. The monoisotopic (exact) mass is 300 g/mol. The molecule has 0 aliphatic rings. The molecular weight excluding hydrogens is 276 g/mol. The number of aromatic hydroxyl groups is 1. The van der Waals surface area contributed by atoms with Crippen LogP contribution in [0.2, 0.25) is 0 Å². The van der Waals surface area contributed by atoms with Gasteiger partial charge in [-0.15, -0.1) is 0 Å². The molecule has 0 amide bonds. The summed E-state index contributed by atoms with van der Waals surface area (Å²) in [6.07, 6.45) is 4.10. The van der Waals surface area contributed by atoms with Crippen molar-refractivity contribution in [2.45, 2.75) is 52.4 Å². The maximum atomic E-state index is 11.2. The van der Waals surface area contributed by atoms with E-state index >= 15 is 0 Å². The lowest BCUT2D eigenvalue weighted by Crippen LogP contribution is -2.18. The molecule has 0 unspecified atom stereocenters. The molecule has 1 aromatic heterocycles. The Kier molecular flexibility index (Phi) is 3.90. The Morgan fingerprint density at radius 1 is 1.05 bits per heavy atom. The van der Waals surface area contributed by atoms with E-state index in [1.807, 2.05) is 12.1 Å². The fourth-order valence-corrected chi connectivity index (χ4v) is 2.52. The van der Waals surface area contributed by atoms with Crippen LogP contribution in [0.15, 0.2) is 24.5 Å². The highest BCUT2D eigenvalue weighted by Gasteiger charge is 2.27. The van der Waals surface area contributed by atoms with E-state index in [2.05, 4.69) is 46.5 Å². The van der Waals surface area contributed by atoms with Crippen molar-refractivity contribution in [3.63, 3.8) is 0 Å². The van der Waals surface area contributed by atoms with E-state index in [-0.39, 0.29) is 10.8 Å².